The van der Waals surface area contributed by atoms with Crippen molar-refractivity contribution in [3.05, 3.63) is 70.2 Å². The van der Waals surface area contributed by atoms with Crippen molar-refractivity contribution in [1.29, 1.82) is 5.26 Å². The summed E-state index contributed by atoms with van der Waals surface area (Å²) in [5.74, 6) is 0.162. The summed E-state index contributed by atoms with van der Waals surface area (Å²) in [6.07, 6.45) is 1.61. The van der Waals surface area contributed by atoms with Gasteiger partial charge in [-0.3, -0.25) is 0 Å². The lowest BCUT2D eigenvalue weighted by atomic mass is 10.2. The van der Waals surface area contributed by atoms with Gasteiger partial charge in [-0.05, 0) is 54.2 Å². The summed E-state index contributed by atoms with van der Waals surface area (Å²) in [4.78, 5) is 0. The largest absolute Gasteiger partial charge is 0.250 e. The second-order valence-corrected chi connectivity index (χ2v) is 5.04. The number of nitrogens with one attached hydrogen (secondary N) is 1. The molecule has 5 nitrogen and oxygen atoms in total. The van der Waals surface area contributed by atoms with Gasteiger partial charge < -0.3 is 0 Å². The van der Waals surface area contributed by atoms with Crippen LogP contribution in [0.25, 0.3) is 11.4 Å². The average molecular weight is 323 g/mol. The highest BCUT2D eigenvalue weighted by Gasteiger charge is 2.08. The first-order valence-electron chi connectivity index (χ1n) is 6.65. The summed E-state index contributed by atoms with van der Waals surface area (Å²) in [6.45, 7) is 0. The van der Waals surface area contributed by atoms with E-state index in [0.29, 0.717) is 21.7 Å². The molecule has 0 fully saturated rings. The first-order chi connectivity index (χ1) is 11.2. The minimum atomic E-state index is -0.324. The van der Waals surface area contributed by atoms with E-state index in [1.165, 1.54) is 16.8 Å². The average Bonchev–Trinajstić information content (AvgIpc) is 2.95. The van der Waals surface area contributed by atoms with Crippen molar-refractivity contribution in [1.82, 2.24) is 14.9 Å². The first-order valence-corrected chi connectivity index (χ1v) is 7.06. The molecule has 0 radical (unpaired) electrons. The Bertz CT molecular complexity index is 946. The van der Waals surface area contributed by atoms with Crippen LogP contribution < -0.4 is 0 Å². The highest BCUT2D eigenvalue weighted by Crippen LogP contribution is 2.17. The van der Waals surface area contributed by atoms with Crippen molar-refractivity contribution >= 4 is 18.4 Å². The van der Waals surface area contributed by atoms with Gasteiger partial charge in [-0.15, -0.1) is 0 Å². The SMILES string of the molecule is N#Cc1ccc(/C=N\n2c(-c3ccc(F)cc3)n[nH]c2=S)cc1. The van der Waals surface area contributed by atoms with E-state index in [0.717, 1.165) is 5.56 Å². The molecule has 0 saturated carbocycles. The standard InChI is InChI=1S/C16H10FN5S/c17-14-7-5-13(6-8-14)15-20-21-16(23)22(15)19-10-12-3-1-11(9-18)2-4-12/h1-8,10H,(H,21,23)/b19-10-. The van der Waals surface area contributed by atoms with Crippen molar-refractivity contribution in [2.75, 3.05) is 0 Å². The van der Waals surface area contributed by atoms with Gasteiger partial charge in [0.2, 0.25) is 4.77 Å². The fourth-order valence-corrected chi connectivity index (χ4v) is 2.13. The zero-order valence-corrected chi connectivity index (χ0v) is 12.6. The van der Waals surface area contributed by atoms with Gasteiger partial charge in [0.05, 0.1) is 17.8 Å². The molecule has 112 valence electrons. The Hall–Kier alpha value is -3.11. The van der Waals surface area contributed by atoms with Crippen molar-refractivity contribution in [3.63, 3.8) is 0 Å². The Labute approximate surface area is 136 Å². The van der Waals surface area contributed by atoms with Crippen LogP contribution in [-0.4, -0.2) is 21.1 Å². The molecule has 0 spiro atoms. The van der Waals surface area contributed by atoms with Gasteiger partial charge >= 0.3 is 0 Å². The van der Waals surface area contributed by atoms with Crippen molar-refractivity contribution in [2.45, 2.75) is 0 Å². The summed E-state index contributed by atoms with van der Waals surface area (Å²) in [5, 5.41) is 19.9. The maximum Gasteiger partial charge on any atom is 0.216 e. The molecule has 3 aromatic rings. The van der Waals surface area contributed by atoms with Gasteiger partial charge in [0.25, 0.3) is 0 Å². The third-order valence-corrected chi connectivity index (χ3v) is 3.38. The summed E-state index contributed by atoms with van der Waals surface area (Å²) in [5.41, 5.74) is 2.09. The molecule has 23 heavy (non-hydrogen) atoms. The molecule has 0 aliphatic heterocycles. The Balaban J connectivity index is 1.95. The predicted molar refractivity (Wildman–Crippen MR) is 87.0 cm³/mol. The topological polar surface area (TPSA) is 69.8 Å². The molecule has 0 atom stereocenters. The molecule has 2 aromatic carbocycles. The van der Waals surface area contributed by atoms with Gasteiger partial charge in [-0.2, -0.15) is 20.1 Å². The molecule has 0 saturated heterocycles. The van der Waals surface area contributed by atoms with Crippen molar-refractivity contribution in [2.24, 2.45) is 5.10 Å². The van der Waals surface area contributed by atoms with Gasteiger partial charge in [-0.1, -0.05) is 12.1 Å². The van der Waals surface area contributed by atoms with Crippen LogP contribution >= 0.6 is 12.2 Å². The normalized spacial score (nSPS) is 10.8. The fourth-order valence-electron chi connectivity index (χ4n) is 1.95. The molecular weight excluding hydrogens is 313 g/mol. The van der Waals surface area contributed by atoms with E-state index in [1.807, 2.05) is 0 Å². The Morgan fingerprint density at radius 2 is 1.87 bits per heavy atom. The summed E-state index contributed by atoms with van der Waals surface area (Å²) >= 11 is 5.17. The molecule has 3 rings (SSSR count). The molecular formula is C16H10FN5S. The molecule has 0 amide bonds. The zero-order valence-electron chi connectivity index (χ0n) is 11.8. The second-order valence-electron chi connectivity index (χ2n) is 4.65. The van der Waals surface area contributed by atoms with Crippen LogP contribution in [0, 0.1) is 21.9 Å². The van der Waals surface area contributed by atoms with Crippen LogP contribution in [0.15, 0.2) is 53.6 Å². The lowest BCUT2D eigenvalue weighted by Crippen LogP contribution is -1.95. The zero-order chi connectivity index (χ0) is 16.2. The summed E-state index contributed by atoms with van der Waals surface area (Å²) in [7, 11) is 0. The predicted octanol–water partition coefficient (Wildman–Crippen LogP) is 3.50. The lowest BCUT2D eigenvalue weighted by molar-refractivity contribution is 0.628. The third kappa shape index (κ3) is 3.22. The van der Waals surface area contributed by atoms with Crippen molar-refractivity contribution in [3.8, 4) is 17.5 Å². The minimum Gasteiger partial charge on any atom is -0.250 e. The fraction of sp³-hybridized carbons (Fsp3) is 0. The monoisotopic (exact) mass is 323 g/mol. The Morgan fingerprint density at radius 3 is 2.52 bits per heavy atom. The number of H-pyrrole nitrogens is 1. The quantitative estimate of drug-likeness (QED) is 0.592. The minimum absolute atomic E-state index is 0.324. The number of benzene rings is 2. The van der Waals surface area contributed by atoms with Crippen molar-refractivity contribution < 1.29 is 4.39 Å². The number of hydrogen-bond acceptors (Lipinski definition) is 4. The molecule has 1 heterocycles. The maximum atomic E-state index is 13.0. The van der Waals surface area contributed by atoms with E-state index < -0.39 is 0 Å². The van der Waals surface area contributed by atoms with Gasteiger partial charge in [0.1, 0.15) is 5.82 Å². The van der Waals surface area contributed by atoms with Crippen LogP contribution in [0.2, 0.25) is 0 Å². The molecule has 0 aliphatic carbocycles. The number of rotatable bonds is 3. The molecule has 7 heteroatoms. The van der Waals surface area contributed by atoms with Gasteiger partial charge in [0, 0.05) is 5.56 Å². The number of hydrogen-bond donors (Lipinski definition) is 1. The van der Waals surface area contributed by atoms with E-state index in [4.69, 9.17) is 17.5 Å². The number of nitriles is 1. The number of halogens is 1. The number of nitrogens with zero attached hydrogens (tertiary/aromatic N) is 4. The van der Waals surface area contributed by atoms with Crippen LogP contribution in [0.4, 0.5) is 4.39 Å². The summed E-state index contributed by atoms with van der Waals surface area (Å²) in [6, 6.07) is 14.9. The third-order valence-electron chi connectivity index (χ3n) is 3.11. The van der Waals surface area contributed by atoms with E-state index in [-0.39, 0.29) is 5.82 Å². The van der Waals surface area contributed by atoms with Crippen LogP contribution in [0.3, 0.4) is 0 Å². The molecule has 0 aliphatic rings. The highest BCUT2D eigenvalue weighted by atomic mass is 32.1. The van der Waals surface area contributed by atoms with E-state index in [9.17, 15) is 4.39 Å². The van der Waals surface area contributed by atoms with Crippen LogP contribution in [-0.2, 0) is 0 Å². The highest BCUT2D eigenvalue weighted by molar-refractivity contribution is 7.71. The van der Waals surface area contributed by atoms with E-state index in [1.54, 1.807) is 42.6 Å². The van der Waals surface area contributed by atoms with Crippen LogP contribution in [0.1, 0.15) is 11.1 Å². The van der Waals surface area contributed by atoms with Gasteiger partial charge in [0.15, 0.2) is 5.82 Å². The maximum absolute atomic E-state index is 13.0. The lowest BCUT2D eigenvalue weighted by Gasteiger charge is -2.01. The molecule has 0 unspecified atom stereocenters. The molecule has 0 bridgehead atoms. The van der Waals surface area contributed by atoms with E-state index in [2.05, 4.69) is 21.4 Å². The molecule has 1 N–H and O–H groups in total. The second kappa shape index (κ2) is 6.34. The Kier molecular flexibility index (Phi) is 4.08. The first kappa shape index (κ1) is 14.8. The van der Waals surface area contributed by atoms with E-state index >= 15 is 0 Å². The summed E-state index contributed by atoms with van der Waals surface area (Å²) < 4.78 is 14.8. The Morgan fingerprint density at radius 1 is 1.17 bits per heavy atom. The smallest absolute Gasteiger partial charge is 0.216 e. The number of aromatic nitrogens is 3. The van der Waals surface area contributed by atoms with Crippen LogP contribution in [0.5, 0.6) is 0 Å². The number of aromatic amines is 1. The molecule has 1 aromatic heterocycles. The van der Waals surface area contributed by atoms with Gasteiger partial charge in [-0.25, -0.2) is 9.49 Å².